The fraction of sp³-hybridized carbons (Fsp3) is 0.182. The lowest BCUT2D eigenvalue weighted by atomic mass is 9.74. The first-order chi connectivity index (χ1) is 13.1. The van der Waals surface area contributed by atoms with Gasteiger partial charge in [0.2, 0.25) is 0 Å². The number of aromatic nitrogens is 1. The number of carbonyl (C=O) groups excluding carboxylic acids is 1. The lowest BCUT2D eigenvalue weighted by Crippen LogP contribution is -2.27. The maximum atomic E-state index is 13.0. The molecule has 5 rings (SSSR count). The van der Waals surface area contributed by atoms with E-state index in [0.29, 0.717) is 16.5 Å². The monoisotopic (exact) mass is 394 g/mol. The molecule has 27 heavy (non-hydrogen) atoms. The van der Waals surface area contributed by atoms with E-state index in [1.165, 1.54) is 0 Å². The second-order valence-electron chi connectivity index (χ2n) is 6.97. The number of Topliss-reactive ketones (excluding diaryl/α,β-unsaturated/α-hetero) is 1. The molecule has 5 heteroatoms. The van der Waals surface area contributed by atoms with Gasteiger partial charge in [-0.2, -0.15) is 0 Å². The van der Waals surface area contributed by atoms with Gasteiger partial charge in [-0.3, -0.25) is 9.78 Å². The van der Waals surface area contributed by atoms with E-state index in [2.05, 4.69) is 10.3 Å². The van der Waals surface area contributed by atoms with E-state index in [1.54, 1.807) is 12.3 Å². The highest BCUT2D eigenvalue weighted by Crippen LogP contribution is 2.49. The summed E-state index contributed by atoms with van der Waals surface area (Å²) >= 11 is 13.0. The van der Waals surface area contributed by atoms with E-state index in [-0.39, 0.29) is 11.7 Å². The summed E-state index contributed by atoms with van der Waals surface area (Å²) in [5, 5.41) is 5.53. The number of nitrogens with zero attached hydrogens (tertiary/aromatic N) is 1. The molecule has 2 aromatic carbocycles. The molecule has 0 radical (unpaired) electrons. The number of pyridine rings is 1. The van der Waals surface area contributed by atoms with E-state index in [9.17, 15) is 4.79 Å². The number of hydrogen-bond acceptors (Lipinski definition) is 3. The number of fused-ring (bicyclic) bond motifs is 3. The molecular formula is C22H16Cl2N2O. The molecule has 2 aliphatic rings. The summed E-state index contributed by atoms with van der Waals surface area (Å²) in [6.07, 6.45) is 4.07. The molecular weight excluding hydrogens is 379 g/mol. The van der Waals surface area contributed by atoms with Crippen LogP contribution in [0.4, 0.5) is 5.69 Å². The molecule has 1 atom stereocenters. The summed E-state index contributed by atoms with van der Waals surface area (Å²) in [6, 6.07) is 13.7. The number of benzene rings is 2. The molecule has 0 unspecified atom stereocenters. The predicted molar refractivity (Wildman–Crippen MR) is 110 cm³/mol. The smallest absolute Gasteiger partial charge is 0.161 e. The van der Waals surface area contributed by atoms with Crippen molar-refractivity contribution in [3.63, 3.8) is 0 Å². The zero-order valence-corrected chi connectivity index (χ0v) is 15.9. The van der Waals surface area contributed by atoms with Crippen LogP contribution in [0, 0.1) is 0 Å². The molecule has 1 aromatic heterocycles. The molecule has 0 bridgehead atoms. The molecule has 0 amide bonds. The van der Waals surface area contributed by atoms with Crippen molar-refractivity contribution in [3.8, 4) is 0 Å². The summed E-state index contributed by atoms with van der Waals surface area (Å²) in [5.74, 6) is -0.0699. The van der Waals surface area contributed by atoms with Gasteiger partial charge in [-0.15, -0.1) is 0 Å². The Morgan fingerprint density at radius 1 is 1.04 bits per heavy atom. The number of ketones is 1. The first-order valence-electron chi connectivity index (χ1n) is 9.00. The van der Waals surface area contributed by atoms with Crippen molar-refractivity contribution in [1.29, 1.82) is 0 Å². The van der Waals surface area contributed by atoms with E-state index in [1.807, 2.05) is 36.4 Å². The number of nitrogens with one attached hydrogen (secondary N) is 1. The van der Waals surface area contributed by atoms with Gasteiger partial charge in [-0.1, -0.05) is 41.4 Å². The van der Waals surface area contributed by atoms with Crippen LogP contribution in [0.3, 0.4) is 0 Å². The lowest BCUT2D eigenvalue weighted by molar-refractivity contribution is -0.116. The third kappa shape index (κ3) is 2.57. The van der Waals surface area contributed by atoms with E-state index >= 15 is 0 Å². The second-order valence-corrected chi connectivity index (χ2v) is 7.75. The SMILES string of the molecule is O=C1CCCC2=C1[C@@H](c1cccc(Cl)c1Cl)c1c(ccc3ncccc13)N2. The van der Waals surface area contributed by atoms with Crippen LogP contribution < -0.4 is 5.32 Å². The van der Waals surface area contributed by atoms with Crippen molar-refractivity contribution in [2.45, 2.75) is 25.2 Å². The summed E-state index contributed by atoms with van der Waals surface area (Å²) in [7, 11) is 0. The van der Waals surface area contributed by atoms with Crippen LogP contribution in [0.1, 0.15) is 36.3 Å². The predicted octanol–water partition coefficient (Wildman–Crippen LogP) is 6.11. The molecule has 0 fully saturated rings. The number of rotatable bonds is 1. The fourth-order valence-electron chi connectivity index (χ4n) is 4.28. The minimum atomic E-state index is -0.247. The summed E-state index contributed by atoms with van der Waals surface area (Å²) in [4.78, 5) is 17.5. The third-order valence-corrected chi connectivity index (χ3v) is 6.27. The topological polar surface area (TPSA) is 42.0 Å². The Bertz CT molecular complexity index is 1140. The fourth-order valence-corrected chi connectivity index (χ4v) is 4.70. The van der Waals surface area contributed by atoms with Gasteiger partial charge >= 0.3 is 0 Å². The molecule has 1 aliphatic carbocycles. The second kappa shape index (κ2) is 6.36. The van der Waals surface area contributed by atoms with Gasteiger partial charge in [0.05, 0.1) is 15.6 Å². The molecule has 3 aromatic rings. The maximum absolute atomic E-state index is 13.0. The molecule has 1 N–H and O–H groups in total. The minimum Gasteiger partial charge on any atom is -0.358 e. The van der Waals surface area contributed by atoms with Gasteiger partial charge in [-0.05, 0) is 48.2 Å². The first kappa shape index (κ1) is 16.8. The van der Waals surface area contributed by atoms with Gasteiger partial charge in [0.25, 0.3) is 0 Å². The number of anilines is 1. The Kier molecular flexibility index (Phi) is 3.96. The van der Waals surface area contributed by atoms with Crippen molar-refractivity contribution < 1.29 is 4.79 Å². The number of carbonyl (C=O) groups is 1. The largest absolute Gasteiger partial charge is 0.358 e. The maximum Gasteiger partial charge on any atom is 0.161 e. The van der Waals surface area contributed by atoms with E-state index < -0.39 is 0 Å². The average Bonchev–Trinajstić information content (AvgIpc) is 2.69. The molecule has 134 valence electrons. The minimum absolute atomic E-state index is 0.177. The van der Waals surface area contributed by atoms with Crippen molar-refractivity contribution in [2.75, 3.05) is 5.32 Å². The van der Waals surface area contributed by atoms with Crippen LogP contribution in [-0.2, 0) is 4.79 Å². The van der Waals surface area contributed by atoms with Gasteiger partial charge < -0.3 is 5.32 Å². The molecule has 2 heterocycles. The third-order valence-electron chi connectivity index (χ3n) is 5.44. The summed E-state index contributed by atoms with van der Waals surface area (Å²) in [6.45, 7) is 0. The van der Waals surface area contributed by atoms with Gasteiger partial charge in [0.1, 0.15) is 0 Å². The average molecular weight is 395 g/mol. The highest BCUT2D eigenvalue weighted by Gasteiger charge is 2.37. The zero-order chi connectivity index (χ0) is 18.5. The summed E-state index contributed by atoms with van der Waals surface area (Å²) in [5.41, 5.74) is 5.63. The van der Waals surface area contributed by atoms with Crippen molar-refractivity contribution in [2.24, 2.45) is 0 Å². The number of allylic oxidation sites excluding steroid dienone is 2. The van der Waals surface area contributed by atoms with Gasteiger partial charge in [0.15, 0.2) is 5.78 Å². The van der Waals surface area contributed by atoms with E-state index in [0.717, 1.165) is 51.8 Å². The standard InChI is InChI=1S/C22H16Cl2N2O/c23-14-6-1-4-13(22(14)24)20-19-12-5-3-11-25-15(12)9-10-17(19)26-16-7-2-8-18(27)21(16)20/h1,3-6,9-11,20,26H,2,7-8H2/t20-/m0/s1. The van der Waals surface area contributed by atoms with Gasteiger partial charge in [0, 0.05) is 40.9 Å². The molecule has 3 nitrogen and oxygen atoms in total. The van der Waals surface area contributed by atoms with Crippen LogP contribution in [0.2, 0.25) is 10.0 Å². The number of hydrogen-bond donors (Lipinski definition) is 1. The highest BCUT2D eigenvalue weighted by atomic mass is 35.5. The Labute approximate surface area is 167 Å². The first-order valence-corrected chi connectivity index (χ1v) is 9.75. The summed E-state index contributed by atoms with van der Waals surface area (Å²) < 4.78 is 0. The Hall–Kier alpha value is -2.36. The van der Waals surface area contributed by atoms with Crippen LogP contribution in [0.5, 0.6) is 0 Å². The molecule has 0 saturated carbocycles. The molecule has 0 spiro atoms. The highest BCUT2D eigenvalue weighted by molar-refractivity contribution is 6.42. The van der Waals surface area contributed by atoms with Crippen molar-refractivity contribution in [3.05, 3.63) is 81.1 Å². The Morgan fingerprint density at radius 3 is 2.81 bits per heavy atom. The van der Waals surface area contributed by atoms with Crippen LogP contribution in [0.15, 0.2) is 59.9 Å². The Balaban J connectivity index is 1.87. The quantitative estimate of drug-likeness (QED) is 0.541. The normalized spacial score (nSPS) is 18.9. The van der Waals surface area contributed by atoms with Crippen LogP contribution >= 0.6 is 23.2 Å². The van der Waals surface area contributed by atoms with Crippen molar-refractivity contribution in [1.82, 2.24) is 4.98 Å². The van der Waals surface area contributed by atoms with Gasteiger partial charge in [-0.25, -0.2) is 0 Å². The van der Waals surface area contributed by atoms with Crippen LogP contribution in [-0.4, -0.2) is 10.8 Å². The number of halogens is 2. The molecule has 0 saturated heterocycles. The lowest BCUT2D eigenvalue weighted by Gasteiger charge is -2.35. The van der Waals surface area contributed by atoms with E-state index in [4.69, 9.17) is 23.2 Å². The van der Waals surface area contributed by atoms with Crippen molar-refractivity contribution >= 4 is 45.6 Å². The Morgan fingerprint density at radius 2 is 1.93 bits per heavy atom. The van der Waals surface area contributed by atoms with Crippen LogP contribution in [0.25, 0.3) is 10.9 Å². The molecule has 1 aliphatic heterocycles. The zero-order valence-electron chi connectivity index (χ0n) is 14.4.